The van der Waals surface area contributed by atoms with Crippen molar-refractivity contribution in [3.63, 3.8) is 0 Å². The van der Waals surface area contributed by atoms with Crippen LogP contribution in [-0.2, 0) is 16.6 Å². The Balaban J connectivity index is 1.59. The lowest BCUT2D eigenvalue weighted by atomic mass is 9.90. The maximum atomic E-state index is 12.6. The first-order chi connectivity index (χ1) is 13.4. The van der Waals surface area contributed by atoms with E-state index in [4.69, 9.17) is 0 Å². The van der Waals surface area contributed by atoms with Crippen molar-refractivity contribution >= 4 is 16.1 Å². The number of nitrogens with zero attached hydrogens (tertiary/aromatic N) is 2. The molecule has 0 aromatic heterocycles. The first kappa shape index (κ1) is 20.4. The maximum Gasteiger partial charge on any atom is 0.317 e. The van der Waals surface area contributed by atoms with Crippen molar-refractivity contribution in [1.82, 2.24) is 14.5 Å². The highest BCUT2D eigenvalue weighted by atomic mass is 32.2. The number of benzene rings is 2. The number of hydrogen-bond donors (Lipinski definition) is 1. The van der Waals surface area contributed by atoms with Gasteiger partial charge in [-0.1, -0.05) is 48.5 Å². The number of amides is 2. The summed E-state index contributed by atoms with van der Waals surface area (Å²) in [6.07, 6.45) is 1.87. The molecule has 0 atom stereocenters. The number of hydrogen-bond acceptors (Lipinski definition) is 3. The number of urea groups is 1. The second-order valence-corrected chi connectivity index (χ2v) is 9.35. The molecule has 1 saturated heterocycles. The summed E-state index contributed by atoms with van der Waals surface area (Å²) in [4.78, 5) is 14.6. The van der Waals surface area contributed by atoms with Gasteiger partial charge in [-0.25, -0.2) is 17.5 Å². The largest absolute Gasteiger partial charge is 0.334 e. The van der Waals surface area contributed by atoms with E-state index in [-0.39, 0.29) is 17.5 Å². The molecule has 3 rings (SSSR count). The summed E-state index contributed by atoms with van der Waals surface area (Å²) in [5, 5.41) is 2.88. The van der Waals surface area contributed by atoms with Crippen LogP contribution in [-0.4, -0.2) is 50.8 Å². The molecule has 28 heavy (non-hydrogen) atoms. The molecule has 1 N–H and O–H groups in total. The number of sulfonamides is 1. The van der Waals surface area contributed by atoms with Gasteiger partial charge in [-0.2, -0.15) is 0 Å². The van der Waals surface area contributed by atoms with Crippen LogP contribution in [0.4, 0.5) is 4.79 Å². The lowest BCUT2D eigenvalue weighted by molar-refractivity contribution is 0.181. The summed E-state index contributed by atoms with van der Waals surface area (Å²) in [6.45, 7) is 1.58. The van der Waals surface area contributed by atoms with E-state index >= 15 is 0 Å². The second kappa shape index (κ2) is 8.75. The molecular weight excluding hydrogens is 374 g/mol. The average molecular weight is 402 g/mol. The average Bonchev–Trinajstić information content (AvgIpc) is 2.73. The van der Waals surface area contributed by atoms with Gasteiger partial charge in [-0.05, 0) is 36.0 Å². The Kier molecular flexibility index (Phi) is 6.36. The van der Waals surface area contributed by atoms with Gasteiger partial charge in [0.2, 0.25) is 10.0 Å². The van der Waals surface area contributed by atoms with Gasteiger partial charge in [0.15, 0.2) is 0 Å². The molecular formula is C21H27N3O3S. The van der Waals surface area contributed by atoms with Gasteiger partial charge >= 0.3 is 6.03 Å². The van der Waals surface area contributed by atoms with Gasteiger partial charge < -0.3 is 10.2 Å². The fourth-order valence-corrected chi connectivity index (χ4v) is 4.64. The molecule has 1 heterocycles. The predicted octanol–water partition coefficient (Wildman–Crippen LogP) is 3.03. The summed E-state index contributed by atoms with van der Waals surface area (Å²) in [6, 6.07) is 17.0. The minimum absolute atomic E-state index is 0.149. The van der Waals surface area contributed by atoms with Crippen molar-refractivity contribution in [3.05, 3.63) is 65.7 Å². The Hall–Kier alpha value is -2.38. The number of rotatable bonds is 5. The summed E-state index contributed by atoms with van der Waals surface area (Å²) in [7, 11) is -0.547. The third-order valence-corrected chi connectivity index (χ3v) is 7.13. The van der Waals surface area contributed by atoms with E-state index in [0.717, 1.165) is 12.8 Å². The zero-order valence-electron chi connectivity index (χ0n) is 16.3. The monoisotopic (exact) mass is 401 g/mol. The molecule has 0 unspecified atom stereocenters. The number of nitrogens with one attached hydrogen (secondary N) is 1. The van der Waals surface area contributed by atoms with Gasteiger partial charge in [0.05, 0.1) is 4.90 Å². The van der Waals surface area contributed by atoms with Gasteiger partial charge in [-0.3, -0.25) is 0 Å². The second-order valence-electron chi connectivity index (χ2n) is 7.23. The van der Waals surface area contributed by atoms with Gasteiger partial charge in [-0.15, -0.1) is 0 Å². The van der Waals surface area contributed by atoms with Crippen molar-refractivity contribution < 1.29 is 13.2 Å². The first-order valence-corrected chi connectivity index (χ1v) is 10.9. The smallest absolute Gasteiger partial charge is 0.317 e. The normalized spacial score (nSPS) is 15.6. The van der Waals surface area contributed by atoms with Crippen LogP contribution in [0.15, 0.2) is 59.5 Å². The predicted molar refractivity (Wildman–Crippen MR) is 110 cm³/mol. The standard InChI is InChI=1S/C21H27N3O3S/c1-23(2)28(26,27)20-11-7-6-10-19(20)16-22-21(25)24-14-12-18(13-15-24)17-8-4-3-5-9-17/h3-11,18H,12-16H2,1-2H3,(H,22,25). The van der Waals surface area contributed by atoms with Crippen molar-refractivity contribution in [1.29, 1.82) is 0 Å². The molecule has 7 heteroatoms. The summed E-state index contributed by atoms with van der Waals surface area (Å²) >= 11 is 0. The lowest BCUT2D eigenvalue weighted by Crippen LogP contribution is -2.44. The van der Waals surface area contributed by atoms with E-state index < -0.39 is 10.0 Å². The molecule has 2 amide bonds. The highest BCUT2D eigenvalue weighted by Crippen LogP contribution is 2.27. The van der Waals surface area contributed by atoms with Crippen LogP contribution >= 0.6 is 0 Å². The molecule has 0 radical (unpaired) electrons. The Labute approximate surface area is 167 Å². The van der Waals surface area contributed by atoms with Crippen molar-refractivity contribution in [2.75, 3.05) is 27.2 Å². The molecule has 1 fully saturated rings. The highest BCUT2D eigenvalue weighted by molar-refractivity contribution is 7.89. The Morgan fingerprint density at radius 1 is 1.04 bits per heavy atom. The quantitative estimate of drug-likeness (QED) is 0.837. The highest BCUT2D eigenvalue weighted by Gasteiger charge is 2.25. The van der Waals surface area contributed by atoms with Crippen LogP contribution in [0.3, 0.4) is 0 Å². The lowest BCUT2D eigenvalue weighted by Gasteiger charge is -2.32. The molecule has 0 spiro atoms. The van der Waals surface area contributed by atoms with E-state index in [1.54, 1.807) is 24.3 Å². The molecule has 6 nitrogen and oxygen atoms in total. The fourth-order valence-electron chi connectivity index (χ4n) is 3.52. The number of likely N-dealkylation sites (tertiary alicyclic amines) is 1. The summed E-state index contributed by atoms with van der Waals surface area (Å²) in [5.41, 5.74) is 1.91. The van der Waals surface area contributed by atoms with Crippen LogP contribution < -0.4 is 5.32 Å². The molecule has 150 valence electrons. The Bertz CT molecular complexity index is 906. The van der Waals surface area contributed by atoms with Crippen LogP contribution in [0.5, 0.6) is 0 Å². The first-order valence-electron chi connectivity index (χ1n) is 9.47. The van der Waals surface area contributed by atoms with E-state index in [2.05, 4.69) is 17.4 Å². The zero-order chi connectivity index (χ0) is 20.1. The summed E-state index contributed by atoms with van der Waals surface area (Å²) in [5.74, 6) is 0.483. The van der Waals surface area contributed by atoms with Crippen LogP contribution in [0.25, 0.3) is 0 Å². The van der Waals surface area contributed by atoms with E-state index in [9.17, 15) is 13.2 Å². The van der Waals surface area contributed by atoms with Crippen LogP contribution in [0, 0.1) is 0 Å². The van der Waals surface area contributed by atoms with Gasteiger partial charge in [0.1, 0.15) is 0 Å². The Morgan fingerprint density at radius 2 is 1.64 bits per heavy atom. The SMILES string of the molecule is CN(C)S(=O)(=O)c1ccccc1CNC(=O)N1CCC(c2ccccc2)CC1. The van der Waals surface area contributed by atoms with E-state index in [1.807, 2.05) is 23.1 Å². The van der Waals surface area contributed by atoms with Crippen LogP contribution in [0.2, 0.25) is 0 Å². The van der Waals surface area contributed by atoms with Gasteiger partial charge in [0, 0.05) is 33.7 Å². The molecule has 0 saturated carbocycles. The third kappa shape index (κ3) is 4.54. The summed E-state index contributed by atoms with van der Waals surface area (Å²) < 4.78 is 26.1. The van der Waals surface area contributed by atoms with Crippen molar-refractivity contribution in [3.8, 4) is 0 Å². The fraction of sp³-hybridized carbons (Fsp3) is 0.381. The number of carbonyl (C=O) groups excluding carboxylic acids is 1. The van der Waals surface area contributed by atoms with Gasteiger partial charge in [0.25, 0.3) is 0 Å². The Morgan fingerprint density at radius 3 is 2.29 bits per heavy atom. The molecule has 0 aliphatic carbocycles. The third-order valence-electron chi connectivity index (χ3n) is 5.21. The zero-order valence-corrected chi connectivity index (χ0v) is 17.2. The molecule has 2 aromatic rings. The van der Waals surface area contributed by atoms with E-state index in [0.29, 0.717) is 24.6 Å². The van der Waals surface area contributed by atoms with E-state index in [1.165, 1.54) is 24.0 Å². The molecule has 1 aliphatic heterocycles. The van der Waals surface area contributed by atoms with Crippen molar-refractivity contribution in [2.45, 2.75) is 30.2 Å². The number of carbonyl (C=O) groups is 1. The minimum atomic E-state index is -3.55. The number of piperidine rings is 1. The topological polar surface area (TPSA) is 69.7 Å². The molecule has 2 aromatic carbocycles. The maximum absolute atomic E-state index is 12.6. The van der Waals surface area contributed by atoms with Crippen molar-refractivity contribution in [2.24, 2.45) is 0 Å². The minimum Gasteiger partial charge on any atom is -0.334 e. The molecule has 1 aliphatic rings. The molecule has 0 bridgehead atoms. The van der Waals surface area contributed by atoms with Crippen LogP contribution in [0.1, 0.15) is 29.9 Å².